The average molecular weight is 210 g/mol. The lowest BCUT2D eigenvalue weighted by Gasteiger charge is -2.04. The van der Waals surface area contributed by atoms with Crippen molar-refractivity contribution in [3.63, 3.8) is 0 Å². The maximum Gasteiger partial charge on any atom is 0.244 e. The molecule has 2 N–H and O–H groups in total. The summed E-state index contributed by atoms with van der Waals surface area (Å²) in [6.07, 6.45) is 0. The summed E-state index contributed by atoms with van der Waals surface area (Å²) >= 11 is 5.75. The van der Waals surface area contributed by atoms with Crippen molar-refractivity contribution in [2.75, 3.05) is 0 Å². The molecule has 0 aliphatic carbocycles. The zero-order valence-corrected chi connectivity index (χ0v) is 8.93. The van der Waals surface area contributed by atoms with Crippen LogP contribution in [0.2, 0.25) is 5.02 Å². The molecule has 0 aliphatic rings. The van der Waals surface area contributed by atoms with E-state index < -0.39 is 5.91 Å². The lowest BCUT2D eigenvalue weighted by Crippen LogP contribution is -2.12. The number of halogens is 1. The lowest BCUT2D eigenvalue weighted by molar-refractivity contribution is -0.114. The van der Waals surface area contributed by atoms with Crippen molar-refractivity contribution >= 4 is 23.1 Å². The third-order valence-corrected chi connectivity index (χ3v) is 2.46. The fraction of sp³-hybridized carbons (Fsp3) is 0.182. The molecule has 0 heterocycles. The van der Waals surface area contributed by atoms with Crippen LogP contribution in [-0.2, 0) is 4.79 Å². The molecule has 74 valence electrons. The van der Waals surface area contributed by atoms with E-state index in [2.05, 4.69) is 0 Å². The summed E-state index contributed by atoms with van der Waals surface area (Å²) in [5, 5.41) is 0.679. The fourth-order valence-corrected chi connectivity index (χ4v) is 1.23. The molecular formula is C11H12ClNO. The van der Waals surface area contributed by atoms with Gasteiger partial charge in [-0.25, -0.2) is 0 Å². The number of benzene rings is 1. The molecule has 0 bridgehead atoms. The maximum atomic E-state index is 10.9. The molecule has 0 saturated carbocycles. The minimum atomic E-state index is -0.391. The zero-order chi connectivity index (χ0) is 10.7. The number of carbonyl (C=O) groups excluding carboxylic acids is 1. The molecule has 0 spiro atoms. The number of nitrogens with two attached hydrogens (primary N) is 1. The largest absolute Gasteiger partial charge is 0.366 e. The Balaban J connectivity index is 3.12. The predicted molar refractivity (Wildman–Crippen MR) is 58.9 cm³/mol. The van der Waals surface area contributed by atoms with Crippen molar-refractivity contribution in [3.05, 3.63) is 40.4 Å². The second-order valence-corrected chi connectivity index (χ2v) is 3.56. The first-order valence-corrected chi connectivity index (χ1v) is 4.63. The van der Waals surface area contributed by atoms with Gasteiger partial charge < -0.3 is 5.73 Å². The Morgan fingerprint density at radius 2 is 1.71 bits per heavy atom. The van der Waals surface area contributed by atoms with Crippen molar-refractivity contribution in [2.45, 2.75) is 13.8 Å². The van der Waals surface area contributed by atoms with Crippen LogP contribution in [0.25, 0.3) is 5.57 Å². The number of amides is 1. The Hall–Kier alpha value is -1.28. The highest BCUT2D eigenvalue weighted by Gasteiger charge is 2.04. The van der Waals surface area contributed by atoms with Crippen LogP contribution in [0.5, 0.6) is 0 Å². The van der Waals surface area contributed by atoms with E-state index in [-0.39, 0.29) is 0 Å². The molecule has 2 nitrogen and oxygen atoms in total. The average Bonchev–Trinajstić information content (AvgIpc) is 2.16. The SMILES string of the molecule is C/C(C(N)=O)=C(/C)c1ccc(Cl)cc1. The molecule has 0 unspecified atom stereocenters. The normalized spacial score (nSPS) is 12.2. The van der Waals surface area contributed by atoms with Crippen LogP contribution >= 0.6 is 11.6 Å². The van der Waals surface area contributed by atoms with Gasteiger partial charge in [-0.3, -0.25) is 4.79 Å². The van der Waals surface area contributed by atoms with Crippen molar-refractivity contribution in [1.82, 2.24) is 0 Å². The number of rotatable bonds is 2. The van der Waals surface area contributed by atoms with Crippen LogP contribution < -0.4 is 5.73 Å². The van der Waals surface area contributed by atoms with E-state index in [1.807, 2.05) is 19.1 Å². The van der Waals surface area contributed by atoms with Crippen molar-refractivity contribution in [1.29, 1.82) is 0 Å². The monoisotopic (exact) mass is 209 g/mol. The van der Waals surface area contributed by atoms with Gasteiger partial charge in [-0.15, -0.1) is 0 Å². The molecule has 0 radical (unpaired) electrons. The maximum absolute atomic E-state index is 10.9. The van der Waals surface area contributed by atoms with Gasteiger partial charge in [-0.2, -0.15) is 0 Å². The Labute approximate surface area is 88.4 Å². The Morgan fingerprint density at radius 1 is 1.21 bits per heavy atom. The number of hydrogen-bond donors (Lipinski definition) is 1. The molecule has 0 atom stereocenters. The van der Waals surface area contributed by atoms with Crippen molar-refractivity contribution in [2.24, 2.45) is 5.73 Å². The minimum Gasteiger partial charge on any atom is -0.366 e. The van der Waals surface area contributed by atoms with Crippen molar-refractivity contribution < 1.29 is 4.79 Å². The number of primary amides is 1. The van der Waals surface area contributed by atoms with Crippen LogP contribution in [-0.4, -0.2) is 5.91 Å². The van der Waals surface area contributed by atoms with Crippen LogP contribution in [0.3, 0.4) is 0 Å². The smallest absolute Gasteiger partial charge is 0.244 e. The highest BCUT2D eigenvalue weighted by molar-refractivity contribution is 6.30. The van der Waals surface area contributed by atoms with E-state index >= 15 is 0 Å². The summed E-state index contributed by atoms with van der Waals surface area (Å²) in [6, 6.07) is 7.30. The number of hydrogen-bond acceptors (Lipinski definition) is 1. The van der Waals surface area contributed by atoms with Crippen LogP contribution in [0.4, 0.5) is 0 Å². The van der Waals surface area contributed by atoms with Gasteiger partial charge in [0.2, 0.25) is 5.91 Å². The van der Waals surface area contributed by atoms with E-state index in [0.29, 0.717) is 10.6 Å². The molecular weight excluding hydrogens is 198 g/mol. The van der Waals surface area contributed by atoms with Gasteiger partial charge in [-0.05, 0) is 37.1 Å². The molecule has 14 heavy (non-hydrogen) atoms. The highest BCUT2D eigenvalue weighted by atomic mass is 35.5. The number of carbonyl (C=O) groups is 1. The second-order valence-electron chi connectivity index (χ2n) is 3.12. The first-order chi connectivity index (χ1) is 6.52. The Bertz CT molecular complexity index is 379. The van der Waals surface area contributed by atoms with Gasteiger partial charge in [0.1, 0.15) is 0 Å². The van der Waals surface area contributed by atoms with E-state index in [0.717, 1.165) is 11.1 Å². The molecule has 0 saturated heterocycles. The summed E-state index contributed by atoms with van der Waals surface area (Å²) < 4.78 is 0. The summed E-state index contributed by atoms with van der Waals surface area (Å²) in [5.74, 6) is -0.391. The third kappa shape index (κ3) is 2.36. The van der Waals surface area contributed by atoms with Gasteiger partial charge in [0, 0.05) is 10.6 Å². The Morgan fingerprint density at radius 3 is 2.14 bits per heavy atom. The first kappa shape index (κ1) is 10.8. The van der Waals surface area contributed by atoms with Gasteiger partial charge >= 0.3 is 0 Å². The van der Waals surface area contributed by atoms with Crippen molar-refractivity contribution in [3.8, 4) is 0 Å². The molecule has 1 aromatic carbocycles. The molecule has 0 aliphatic heterocycles. The summed E-state index contributed by atoms with van der Waals surface area (Å²) in [4.78, 5) is 10.9. The fourth-order valence-electron chi connectivity index (χ4n) is 1.10. The molecule has 1 aromatic rings. The lowest BCUT2D eigenvalue weighted by atomic mass is 10.0. The Kier molecular flexibility index (Phi) is 3.31. The quantitative estimate of drug-likeness (QED) is 0.748. The summed E-state index contributed by atoms with van der Waals surface area (Å²) in [7, 11) is 0. The van der Waals surface area contributed by atoms with E-state index in [1.54, 1.807) is 19.1 Å². The summed E-state index contributed by atoms with van der Waals surface area (Å²) in [5.41, 5.74) is 7.60. The molecule has 3 heteroatoms. The molecule has 1 amide bonds. The first-order valence-electron chi connectivity index (χ1n) is 4.25. The minimum absolute atomic E-state index is 0.391. The zero-order valence-electron chi connectivity index (χ0n) is 8.17. The molecule has 0 aromatic heterocycles. The standard InChI is InChI=1S/C11H12ClNO/c1-7(8(2)11(13)14)9-3-5-10(12)6-4-9/h3-6H,1-2H3,(H2,13,14)/b8-7+. The third-order valence-electron chi connectivity index (χ3n) is 2.21. The van der Waals surface area contributed by atoms with Crippen LogP contribution in [0.1, 0.15) is 19.4 Å². The topological polar surface area (TPSA) is 43.1 Å². The molecule has 1 rings (SSSR count). The van der Waals surface area contributed by atoms with E-state index in [9.17, 15) is 4.79 Å². The van der Waals surface area contributed by atoms with E-state index in [4.69, 9.17) is 17.3 Å². The van der Waals surface area contributed by atoms with Gasteiger partial charge in [-0.1, -0.05) is 23.7 Å². The van der Waals surface area contributed by atoms with Gasteiger partial charge in [0.05, 0.1) is 0 Å². The van der Waals surface area contributed by atoms with Crippen LogP contribution in [0, 0.1) is 0 Å². The van der Waals surface area contributed by atoms with Gasteiger partial charge in [0.15, 0.2) is 0 Å². The second kappa shape index (κ2) is 4.29. The van der Waals surface area contributed by atoms with Gasteiger partial charge in [0.25, 0.3) is 0 Å². The summed E-state index contributed by atoms with van der Waals surface area (Å²) in [6.45, 7) is 3.58. The predicted octanol–water partition coefficient (Wildman–Crippen LogP) is 2.62. The highest BCUT2D eigenvalue weighted by Crippen LogP contribution is 2.19. The molecule has 0 fully saturated rings. The number of allylic oxidation sites excluding steroid dienone is 1. The van der Waals surface area contributed by atoms with E-state index in [1.165, 1.54) is 0 Å². The van der Waals surface area contributed by atoms with Crippen LogP contribution in [0.15, 0.2) is 29.8 Å².